The van der Waals surface area contributed by atoms with E-state index in [0.29, 0.717) is 0 Å². The Kier molecular flexibility index (Phi) is 4.34. The zero-order valence-corrected chi connectivity index (χ0v) is 13.2. The van der Waals surface area contributed by atoms with Gasteiger partial charge in [0.15, 0.2) is 5.75 Å². The summed E-state index contributed by atoms with van der Waals surface area (Å²) in [6.07, 6.45) is 0. The predicted octanol–water partition coefficient (Wildman–Crippen LogP) is 1.94. The summed E-state index contributed by atoms with van der Waals surface area (Å²) in [6.45, 7) is 0. The third kappa shape index (κ3) is 3.50. The molecule has 3 N–H and O–H groups in total. The summed E-state index contributed by atoms with van der Waals surface area (Å²) in [5.41, 5.74) is 5.02. The van der Waals surface area contributed by atoms with Crippen LogP contribution in [0.5, 0.6) is 5.75 Å². The Labute approximate surface area is 132 Å². The van der Waals surface area contributed by atoms with E-state index >= 15 is 0 Å². The zero-order chi connectivity index (χ0) is 16.5. The lowest BCUT2D eigenvalue weighted by Gasteiger charge is -2.10. The summed E-state index contributed by atoms with van der Waals surface area (Å²) in [6, 6.07) is 8.62. The van der Waals surface area contributed by atoms with Gasteiger partial charge in [-0.05, 0) is 30.3 Å². The van der Waals surface area contributed by atoms with E-state index < -0.39 is 30.8 Å². The van der Waals surface area contributed by atoms with Gasteiger partial charge in [-0.3, -0.25) is 4.55 Å². The molecule has 0 aliphatic rings. The molecular weight excluding hydrogens is 354 g/mol. The molecule has 0 aliphatic heterocycles. The van der Waals surface area contributed by atoms with E-state index in [-0.39, 0.29) is 15.7 Å². The predicted molar refractivity (Wildman–Crippen MR) is 79.9 cm³/mol. The average molecular weight is 364 g/mol. The molecule has 10 heteroatoms. The smallest absolute Gasteiger partial charge is 0.339 e. The van der Waals surface area contributed by atoms with Gasteiger partial charge < -0.3 is 9.92 Å². The Morgan fingerprint density at radius 1 is 1.05 bits per heavy atom. The lowest BCUT2D eigenvalue weighted by molar-refractivity contribution is 0.480. The van der Waals surface area contributed by atoms with Gasteiger partial charge in [0.25, 0.3) is 10.1 Å². The third-order valence-corrected chi connectivity index (χ3v) is 5.05. The first-order valence-electron chi connectivity index (χ1n) is 5.67. The van der Waals surface area contributed by atoms with E-state index in [1.807, 2.05) is 0 Å². The van der Waals surface area contributed by atoms with Crippen LogP contribution in [-0.2, 0) is 20.2 Å². The van der Waals surface area contributed by atoms with Crippen LogP contribution >= 0.6 is 11.6 Å². The second kappa shape index (κ2) is 5.76. The molecule has 0 spiro atoms. The van der Waals surface area contributed by atoms with Gasteiger partial charge in [-0.25, -0.2) is 0 Å². The molecular formula is C12H10ClNO6S2. The second-order valence-electron chi connectivity index (χ2n) is 4.14. The van der Waals surface area contributed by atoms with Crippen molar-refractivity contribution in [1.29, 1.82) is 0 Å². The first kappa shape index (κ1) is 16.6. The number of anilines is 1. The monoisotopic (exact) mass is 363 g/mol. The quantitative estimate of drug-likeness (QED) is 0.483. The van der Waals surface area contributed by atoms with Gasteiger partial charge >= 0.3 is 10.1 Å². The molecule has 2 rings (SSSR count). The third-order valence-electron chi connectivity index (χ3n) is 2.58. The van der Waals surface area contributed by atoms with Crippen LogP contribution in [0.2, 0.25) is 5.02 Å². The number of benzene rings is 2. The lowest BCUT2D eigenvalue weighted by atomic mass is 10.3. The molecule has 0 unspecified atom stereocenters. The van der Waals surface area contributed by atoms with Crippen LogP contribution in [0.1, 0.15) is 0 Å². The Balaban J connectivity index is 2.43. The number of hydrogen-bond donors (Lipinski definition) is 2. The Bertz CT molecular complexity index is 924. The number of nitrogens with two attached hydrogens (primary N) is 1. The van der Waals surface area contributed by atoms with E-state index in [0.717, 1.165) is 18.2 Å². The molecule has 0 atom stereocenters. The summed E-state index contributed by atoms with van der Waals surface area (Å²) in [7, 11) is -8.80. The van der Waals surface area contributed by atoms with Crippen LogP contribution in [0, 0.1) is 0 Å². The van der Waals surface area contributed by atoms with E-state index in [2.05, 4.69) is 0 Å². The van der Waals surface area contributed by atoms with Crippen molar-refractivity contribution in [2.75, 3.05) is 5.73 Å². The van der Waals surface area contributed by atoms with Crippen molar-refractivity contribution in [2.24, 2.45) is 0 Å². The van der Waals surface area contributed by atoms with Crippen LogP contribution in [0.15, 0.2) is 52.3 Å². The van der Waals surface area contributed by atoms with Crippen LogP contribution in [0.25, 0.3) is 0 Å². The van der Waals surface area contributed by atoms with Crippen LogP contribution in [0.3, 0.4) is 0 Å². The molecule has 0 fully saturated rings. The standard InChI is InChI=1S/C12H10ClNO6S2/c13-9-3-1-2-4-11(9)20-22(18,19)8-5-6-12(10(14)7-8)21(15,16)17/h1-7H,14H2,(H,15,16,17). The first-order chi connectivity index (χ1) is 10.1. The van der Waals surface area contributed by atoms with Crippen molar-refractivity contribution in [1.82, 2.24) is 0 Å². The first-order valence-corrected chi connectivity index (χ1v) is 8.90. The minimum absolute atomic E-state index is 0.0819. The van der Waals surface area contributed by atoms with Crippen LogP contribution in [0.4, 0.5) is 5.69 Å². The highest BCUT2D eigenvalue weighted by atomic mass is 35.5. The van der Waals surface area contributed by atoms with Crippen molar-refractivity contribution < 1.29 is 25.6 Å². The number of rotatable bonds is 4. The van der Waals surface area contributed by atoms with Crippen molar-refractivity contribution in [3.63, 3.8) is 0 Å². The minimum atomic E-state index is -4.54. The maximum Gasteiger partial charge on any atom is 0.339 e. The highest BCUT2D eigenvalue weighted by Crippen LogP contribution is 2.28. The molecule has 7 nitrogen and oxygen atoms in total. The minimum Gasteiger partial charge on any atom is -0.398 e. The van der Waals surface area contributed by atoms with Crippen LogP contribution < -0.4 is 9.92 Å². The van der Waals surface area contributed by atoms with Crippen LogP contribution in [-0.4, -0.2) is 21.4 Å². The number of hydrogen-bond acceptors (Lipinski definition) is 6. The van der Waals surface area contributed by atoms with E-state index in [1.54, 1.807) is 6.07 Å². The molecule has 0 heterocycles. The molecule has 2 aromatic rings. The number of nitrogen functional groups attached to an aromatic ring is 1. The number of halogens is 1. The molecule has 0 aromatic heterocycles. The molecule has 0 saturated heterocycles. The zero-order valence-electron chi connectivity index (χ0n) is 10.8. The summed E-state index contributed by atoms with van der Waals surface area (Å²) in [5, 5.41) is 0.0913. The second-order valence-corrected chi connectivity index (χ2v) is 7.49. The van der Waals surface area contributed by atoms with Gasteiger partial charge in [0.05, 0.1) is 10.7 Å². The summed E-state index contributed by atoms with van der Waals surface area (Å²) in [4.78, 5) is -0.971. The largest absolute Gasteiger partial charge is 0.398 e. The van der Waals surface area contributed by atoms with E-state index in [9.17, 15) is 16.8 Å². The molecule has 0 saturated carbocycles. The molecule has 0 bridgehead atoms. The topological polar surface area (TPSA) is 124 Å². The summed E-state index contributed by atoms with van der Waals surface area (Å²) in [5.74, 6) is -0.0819. The Hall–Kier alpha value is -1.81. The van der Waals surface area contributed by atoms with Gasteiger partial charge in [0.2, 0.25) is 0 Å². The Morgan fingerprint density at radius 2 is 1.68 bits per heavy atom. The SMILES string of the molecule is Nc1cc(S(=O)(=O)Oc2ccccc2Cl)ccc1S(=O)(=O)O. The Morgan fingerprint density at radius 3 is 2.23 bits per heavy atom. The molecule has 118 valence electrons. The highest BCUT2D eigenvalue weighted by molar-refractivity contribution is 7.87. The number of para-hydroxylation sites is 1. The average Bonchev–Trinajstić information content (AvgIpc) is 2.39. The van der Waals surface area contributed by atoms with Gasteiger partial charge in [0, 0.05) is 0 Å². The van der Waals surface area contributed by atoms with Crippen molar-refractivity contribution in [3.05, 3.63) is 47.5 Å². The molecule has 22 heavy (non-hydrogen) atoms. The molecule has 0 aliphatic carbocycles. The fourth-order valence-corrected chi connectivity index (χ4v) is 3.40. The van der Waals surface area contributed by atoms with Gasteiger partial charge in [0.1, 0.15) is 9.79 Å². The lowest BCUT2D eigenvalue weighted by Crippen LogP contribution is -2.12. The van der Waals surface area contributed by atoms with E-state index in [1.165, 1.54) is 18.2 Å². The van der Waals surface area contributed by atoms with Gasteiger partial charge in [-0.2, -0.15) is 16.8 Å². The van der Waals surface area contributed by atoms with E-state index in [4.69, 9.17) is 26.1 Å². The van der Waals surface area contributed by atoms with Crippen molar-refractivity contribution in [2.45, 2.75) is 9.79 Å². The fraction of sp³-hybridized carbons (Fsp3) is 0. The molecule has 0 radical (unpaired) electrons. The van der Waals surface area contributed by atoms with Crippen molar-refractivity contribution >= 4 is 37.5 Å². The fourth-order valence-electron chi connectivity index (χ4n) is 1.60. The van der Waals surface area contributed by atoms with Crippen molar-refractivity contribution in [3.8, 4) is 5.75 Å². The van der Waals surface area contributed by atoms with Gasteiger partial charge in [-0.15, -0.1) is 0 Å². The maximum absolute atomic E-state index is 12.1. The highest BCUT2D eigenvalue weighted by Gasteiger charge is 2.22. The maximum atomic E-state index is 12.1. The normalized spacial score (nSPS) is 12.1. The summed E-state index contributed by atoms with van der Waals surface area (Å²) >= 11 is 5.81. The molecule has 0 amide bonds. The summed E-state index contributed by atoms with van der Waals surface area (Å²) < 4.78 is 60.1. The molecule has 2 aromatic carbocycles. The van der Waals surface area contributed by atoms with Gasteiger partial charge in [-0.1, -0.05) is 23.7 Å².